The van der Waals surface area contributed by atoms with Gasteiger partial charge in [-0.25, -0.2) is 9.59 Å². The maximum absolute atomic E-state index is 13.2. The Hall–Kier alpha value is -5.69. The number of alkyl carbamates (subject to hydrolysis) is 1. The fourth-order valence-electron chi connectivity index (χ4n) is 7.58. The lowest BCUT2D eigenvalue weighted by Gasteiger charge is -2.43. The van der Waals surface area contributed by atoms with Crippen molar-refractivity contribution in [3.63, 3.8) is 0 Å². The number of hydrogen-bond acceptors (Lipinski definition) is 10. The van der Waals surface area contributed by atoms with Gasteiger partial charge >= 0.3 is 12.1 Å². The molecule has 1 aromatic heterocycles. The summed E-state index contributed by atoms with van der Waals surface area (Å²) in [5.74, 6) is 0.560. The van der Waals surface area contributed by atoms with Gasteiger partial charge in [0, 0.05) is 24.5 Å². The van der Waals surface area contributed by atoms with Gasteiger partial charge in [-0.2, -0.15) is 0 Å². The molecule has 3 saturated heterocycles. The monoisotopic (exact) mass is 760 g/mol. The molecular weight excluding hydrogens is 713 g/mol. The first-order valence-electron chi connectivity index (χ1n) is 19.3. The molecule has 1 amide bonds. The Bertz CT molecular complexity index is 2170. The maximum Gasteiger partial charge on any atom is 0.408 e. The van der Waals surface area contributed by atoms with E-state index in [1.807, 2.05) is 60.7 Å². The summed E-state index contributed by atoms with van der Waals surface area (Å²) in [7, 11) is 0. The third-order valence-electron chi connectivity index (χ3n) is 10.6. The van der Waals surface area contributed by atoms with Crippen LogP contribution in [-0.4, -0.2) is 77.6 Å². The second-order valence-corrected chi connectivity index (χ2v) is 14.5. The molecule has 3 atom stereocenters. The Morgan fingerprint density at radius 2 is 1.70 bits per heavy atom. The summed E-state index contributed by atoms with van der Waals surface area (Å²) in [6, 6.07) is 30.2. The van der Waals surface area contributed by atoms with E-state index in [2.05, 4.69) is 20.5 Å². The van der Waals surface area contributed by atoms with E-state index in [1.165, 1.54) is 12.1 Å². The minimum absolute atomic E-state index is 0.0559. The number of aromatic nitrogens is 1. The number of phenols is 1. The largest absolute Gasteiger partial charge is 0.506 e. The van der Waals surface area contributed by atoms with E-state index >= 15 is 0 Å². The number of phenolic OH excluding ortho intramolecular Hbond substituents is 1. The van der Waals surface area contributed by atoms with Crippen LogP contribution < -0.4 is 20.9 Å². The number of fused-ring (bicyclic) bond motifs is 4. The molecule has 0 aliphatic carbocycles. The van der Waals surface area contributed by atoms with Crippen molar-refractivity contribution in [2.45, 2.75) is 50.5 Å². The van der Waals surface area contributed by atoms with Gasteiger partial charge in [0.1, 0.15) is 24.2 Å². The normalized spacial score (nSPS) is 18.6. The van der Waals surface area contributed by atoms with Crippen molar-refractivity contribution in [1.82, 2.24) is 20.5 Å². The van der Waals surface area contributed by atoms with Crippen molar-refractivity contribution < 1.29 is 34.0 Å². The van der Waals surface area contributed by atoms with E-state index in [0.717, 1.165) is 55.6 Å². The summed E-state index contributed by atoms with van der Waals surface area (Å²) < 4.78 is 17.7. The first kappa shape index (κ1) is 38.6. The number of nitrogens with zero attached hydrogens (tertiary/aromatic N) is 1. The Balaban J connectivity index is 0.866. The van der Waals surface area contributed by atoms with Gasteiger partial charge < -0.3 is 40.0 Å². The number of ether oxygens (including phenoxy) is 3. The summed E-state index contributed by atoms with van der Waals surface area (Å²) in [5.41, 5.74) is 3.57. The minimum atomic E-state index is -0.847. The fraction of sp³-hybridized carbons (Fsp3) is 0.341. The van der Waals surface area contributed by atoms with Crippen LogP contribution in [0.3, 0.4) is 0 Å². The third-order valence-corrected chi connectivity index (χ3v) is 10.6. The molecule has 2 bridgehead atoms. The smallest absolute Gasteiger partial charge is 0.408 e. The van der Waals surface area contributed by atoms with Crippen LogP contribution in [0.2, 0.25) is 0 Å². The van der Waals surface area contributed by atoms with Crippen molar-refractivity contribution >= 4 is 23.0 Å². The number of rotatable bonds is 16. The van der Waals surface area contributed by atoms with E-state index < -0.39 is 24.2 Å². The molecular formula is C44H48N4O8. The summed E-state index contributed by atoms with van der Waals surface area (Å²) in [4.78, 5) is 42.7. The molecule has 3 aliphatic heterocycles. The number of pyridine rings is 1. The quantitative estimate of drug-likeness (QED) is 0.0598. The first-order valence-corrected chi connectivity index (χ1v) is 19.3. The lowest BCUT2D eigenvalue weighted by atomic mass is 9.86. The van der Waals surface area contributed by atoms with Gasteiger partial charge in [0.05, 0.1) is 29.8 Å². The SMILES string of the molecule is O=C(N[C@@H](c1ccccc1)c1cccc(OCc2cccc(C(=O)OCCCCNC[C@H](O)c3ccc(O)c4[nH]c(=O)ccc34)c2)c1)O[C@H]1CN2CCC1CC2. The van der Waals surface area contributed by atoms with E-state index in [1.54, 1.807) is 30.3 Å². The van der Waals surface area contributed by atoms with Crippen LogP contribution in [0.4, 0.5) is 4.79 Å². The lowest BCUT2D eigenvalue weighted by Crippen LogP contribution is -2.52. The van der Waals surface area contributed by atoms with Crippen molar-refractivity contribution in [2.75, 3.05) is 39.3 Å². The molecule has 12 nitrogen and oxygen atoms in total. The zero-order chi connectivity index (χ0) is 38.9. The molecule has 3 aliphatic rings. The van der Waals surface area contributed by atoms with Gasteiger partial charge in [-0.3, -0.25) is 9.69 Å². The van der Waals surface area contributed by atoms with Crippen LogP contribution in [-0.2, 0) is 16.1 Å². The van der Waals surface area contributed by atoms with Gasteiger partial charge in [-0.15, -0.1) is 0 Å². The van der Waals surface area contributed by atoms with Crippen LogP contribution in [0.1, 0.15) is 70.4 Å². The standard InChI is InChI=1S/C44H48N4O8/c49-37-16-14-35(36-15-17-40(51)46-42(36)37)38(50)26-45-20-4-5-23-54-43(52)33-12-6-8-29(24-33)28-55-34-13-7-11-32(25-34)41(31-9-2-1-3-10-31)47-44(53)56-39-27-48-21-18-30(39)19-22-48/h1-3,6-17,24-25,30,38-39,41,45,49-50H,4-5,18-23,26-28H2,(H,46,51)(H,47,53)/t38-,39-,41-/m0/s1. The molecule has 0 spiro atoms. The Kier molecular flexibility index (Phi) is 12.6. The molecule has 5 aromatic rings. The van der Waals surface area contributed by atoms with Gasteiger partial charge in [-0.05, 0) is 110 Å². The van der Waals surface area contributed by atoms with Crippen LogP contribution in [0.25, 0.3) is 10.9 Å². The maximum atomic E-state index is 13.2. The second-order valence-electron chi connectivity index (χ2n) is 14.5. The highest BCUT2D eigenvalue weighted by Gasteiger charge is 2.37. The number of nitrogens with one attached hydrogen (secondary N) is 3. The number of aromatic amines is 1. The first-order chi connectivity index (χ1) is 27.3. The average molecular weight is 761 g/mol. The predicted molar refractivity (Wildman–Crippen MR) is 212 cm³/mol. The summed E-state index contributed by atoms with van der Waals surface area (Å²) in [5, 5.41) is 27.7. The number of aliphatic hydroxyl groups is 1. The van der Waals surface area contributed by atoms with Crippen LogP contribution >= 0.6 is 0 Å². The number of benzene rings is 4. The van der Waals surface area contributed by atoms with Crippen molar-refractivity contribution in [2.24, 2.45) is 5.92 Å². The molecule has 5 N–H and O–H groups in total. The molecule has 56 heavy (non-hydrogen) atoms. The molecule has 4 aromatic carbocycles. The summed E-state index contributed by atoms with van der Waals surface area (Å²) >= 11 is 0. The number of amides is 1. The van der Waals surface area contributed by atoms with E-state index in [4.69, 9.17) is 14.2 Å². The molecule has 4 heterocycles. The number of carbonyl (C=O) groups excluding carboxylic acids is 2. The Labute approximate surface area is 325 Å². The number of H-pyrrole nitrogens is 1. The van der Waals surface area contributed by atoms with Gasteiger partial charge in [0.2, 0.25) is 5.56 Å². The predicted octanol–water partition coefficient (Wildman–Crippen LogP) is 5.98. The number of carbonyl (C=O) groups is 2. The van der Waals surface area contributed by atoms with Gasteiger partial charge in [0.25, 0.3) is 0 Å². The Morgan fingerprint density at radius 1 is 0.893 bits per heavy atom. The zero-order valence-electron chi connectivity index (χ0n) is 31.2. The Morgan fingerprint density at radius 3 is 2.50 bits per heavy atom. The van der Waals surface area contributed by atoms with E-state index in [9.17, 15) is 24.6 Å². The number of aliphatic hydroxyl groups excluding tert-OH is 1. The molecule has 3 fully saturated rings. The minimum Gasteiger partial charge on any atom is -0.506 e. The van der Waals surface area contributed by atoms with Crippen molar-refractivity contribution in [3.05, 3.63) is 141 Å². The van der Waals surface area contributed by atoms with Crippen molar-refractivity contribution in [1.29, 1.82) is 0 Å². The summed E-state index contributed by atoms with van der Waals surface area (Å²) in [6.07, 6.45) is 2.10. The summed E-state index contributed by atoms with van der Waals surface area (Å²) in [6.45, 7) is 4.28. The lowest BCUT2D eigenvalue weighted by molar-refractivity contribution is -0.0336. The number of esters is 1. The van der Waals surface area contributed by atoms with E-state index in [-0.39, 0.29) is 37.2 Å². The molecule has 0 saturated carbocycles. The molecule has 8 rings (SSSR count). The highest BCUT2D eigenvalue weighted by atomic mass is 16.6. The molecule has 0 unspecified atom stereocenters. The van der Waals surface area contributed by atoms with E-state index in [0.29, 0.717) is 46.7 Å². The zero-order valence-corrected chi connectivity index (χ0v) is 31.2. The number of hydrogen-bond donors (Lipinski definition) is 5. The molecule has 292 valence electrons. The fourth-order valence-corrected chi connectivity index (χ4v) is 7.58. The number of piperidine rings is 3. The van der Waals surface area contributed by atoms with Crippen LogP contribution in [0, 0.1) is 5.92 Å². The highest BCUT2D eigenvalue weighted by molar-refractivity contribution is 5.89. The van der Waals surface area contributed by atoms with Crippen LogP contribution in [0.5, 0.6) is 11.5 Å². The van der Waals surface area contributed by atoms with Gasteiger partial charge in [0.15, 0.2) is 0 Å². The number of aromatic hydroxyl groups is 1. The van der Waals surface area contributed by atoms with Crippen LogP contribution in [0.15, 0.2) is 108 Å². The highest BCUT2D eigenvalue weighted by Crippen LogP contribution is 2.31. The second kappa shape index (κ2) is 18.3. The van der Waals surface area contributed by atoms with Crippen molar-refractivity contribution in [3.8, 4) is 11.5 Å². The number of unbranched alkanes of at least 4 members (excludes halogenated alkanes) is 1. The molecule has 0 radical (unpaired) electrons. The topological polar surface area (TPSA) is 162 Å². The average Bonchev–Trinajstić information content (AvgIpc) is 3.23. The van der Waals surface area contributed by atoms with Gasteiger partial charge in [-0.1, -0.05) is 60.7 Å². The third kappa shape index (κ3) is 9.75. The molecule has 12 heteroatoms.